The summed E-state index contributed by atoms with van der Waals surface area (Å²) in [5.74, 6) is -2.34. The number of sulfonamides is 2. The van der Waals surface area contributed by atoms with Gasteiger partial charge in [-0.2, -0.15) is 8.61 Å². The van der Waals surface area contributed by atoms with Crippen molar-refractivity contribution in [2.24, 2.45) is 11.8 Å². The van der Waals surface area contributed by atoms with Gasteiger partial charge < -0.3 is 9.47 Å². The normalized spacial score (nSPS) is 18.3. The van der Waals surface area contributed by atoms with E-state index in [-0.39, 0.29) is 34.1 Å². The Morgan fingerprint density at radius 3 is 1.22 bits per heavy atom. The lowest BCUT2D eigenvalue weighted by Gasteiger charge is -2.18. The van der Waals surface area contributed by atoms with Crippen molar-refractivity contribution in [3.63, 3.8) is 0 Å². The van der Waals surface area contributed by atoms with Crippen molar-refractivity contribution in [3.8, 4) is 0 Å². The molecular weight excluding hydrogens is 615 g/mol. The molecule has 2 atom stereocenters. The summed E-state index contributed by atoms with van der Waals surface area (Å²) in [6.45, 7) is 8.01. The highest BCUT2D eigenvalue weighted by atomic mass is 35.5. The van der Waals surface area contributed by atoms with E-state index in [1.54, 1.807) is 27.7 Å². The molecule has 0 N–H and O–H groups in total. The Kier molecular flexibility index (Phi) is 10.9. The number of hydrogen-bond acceptors (Lipinski definition) is 8. The first-order valence-electron chi connectivity index (χ1n) is 13.2. The van der Waals surface area contributed by atoms with Crippen molar-refractivity contribution in [1.82, 2.24) is 8.61 Å². The predicted octanol–water partition coefficient (Wildman–Crippen LogP) is 4.18. The molecule has 0 radical (unpaired) electrons. The molecule has 0 saturated heterocycles. The van der Waals surface area contributed by atoms with Gasteiger partial charge in [0.15, 0.2) is 0 Å². The third-order valence-corrected chi connectivity index (χ3v) is 12.3. The third kappa shape index (κ3) is 7.23. The number of hydrogen-bond donors (Lipinski definition) is 0. The van der Waals surface area contributed by atoms with Gasteiger partial charge in [-0.1, -0.05) is 27.7 Å². The Hall–Kier alpha value is -2.22. The molecular formula is C27H34Cl2N2O8S2. The summed E-state index contributed by atoms with van der Waals surface area (Å²) < 4.78 is 62.5. The fourth-order valence-electron chi connectivity index (χ4n) is 4.36. The van der Waals surface area contributed by atoms with Crippen LogP contribution in [0.5, 0.6) is 0 Å². The third-order valence-electron chi connectivity index (χ3n) is 7.02. The molecule has 10 nitrogen and oxygen atoms in total. The molecule has 3 rings (SSSR count). The number of ether oxygens (including phenoxy) is 2. The maximum absolute atomic E-state index is 12.6. The molecule has 2 aromatic carbocycles. The van der Waals surface area contributed by atoms with Crippen LogP contribution in [0.1, 0.15) is 48.4 Å². The number of esters is 2. The van der Waals surface area contributed by atoms with Crippen LogP contribution in [-0.2, 0) is 29.5 Å². The lowest BCUT2D eigenvalue weighted by atomic mass is 10.2. The Morgan fingerprint density at radius 2 is 0.951 bits per heavy atom. The molecule has 41 heavy (non-hydrogen) atoms. The Balaban J connectivity index is 1.54. The Morgan fingerprint density at radius 1 is 0.659 bits per heavy atom. The second-order valence-electron chi connectivity index (χ2n) is 9.31. The lowest BCUT2D eigenvalue weighted by Crippen LogP contribution is -2.30. The van der Waals surface area contributed by atoms with E-state index < -0.39 is 48.2 Å². The van der Waals surface area contributed by atoms with Crippen molar-refractivity contribution < 1.29 is 35.9 Å². The van der Waals surface area contributed by atoms with Crippen LogP contribution < -0.4 is 0 Å². The molecule has 14 heteroatoms. The van der Waals surface area contributed by atoms with Crippen LogP contribution in [0.25, 0.3) is 0 Å². The van der Waals surface area contributed by atoms with Crippen molar-refractivity contribution in [2.45, 2.75) is 41.8 Å². The fraction of sp³-hybridized carbons (Fsp3) is 0.481. The van der Waals surface area contributed by atoms with Gasteiger partial charge in [-0.3, -0.25) is 0 Å². The minimum Gasteiger partial charge on any atom is -0.462 e. The molecule has 1 saturated carbocycles. The number of halogens is 2. The van der Waals surface area contributed by atoms with Gasteiger partial charge in [0.05, 0.1) is 34.1 Å². The summed E-state index contributed by atoms with van der Waals surface area (Å²) in [4.78, 5) is 25.2. The standard InChI is InChI=1S/C27H34Cl2N2O8S2/c1-5-30(6-2)40(34,35)21-13-9-19(10-14-21)25(32)38-17-23-24(27(23,28)29)18-39-26(33)20-11-15-22(16-12-20)41(36,37)31(7-3)8-4/h9-16,23-24H,5-8,17-18H2,1-4H3/t23-,24-/m0/s1. The summed E-state index contributed by atoms with van der Waals surface area (Å²) in [5.41, 5.74) is 0.321. The minimum absolute atomic E-state index is 0.0718. The number of alkyl halides is 2. The lowest BCUT2D eigenvalue weighted by molar-refractivity contribution is 0.0419. The van der Waals surface area contributed by atoms with Crippen LogP contribution in [0.2, 0.25) is 0 Å². The first-order chi connectivity index (χ1) is 19.2. The smallest absolute Gasteiger partial charge is 0.338 e. The van der Waals surface area contributed by atoms with Crippen molar-refractivity contribution >= 4 is 55.2 Å². The first kappa shape index (κ1) is 33.3. The molecule has 0 spiro atoms. The van der Waals surface area contributed by atoms with Gasteiger partial charge in [-0.15, -0.1) is 23.2 Å². The van der Waals surface area contributed by atoms with Crippen LogP contribution in [-0.4, -0.2) is 81.1 Å². The monoisotopic (exact) mass is 648 g/mol. The zero-order chi connectivity index (χ0) is 30.6. The summed E-state index contributed by atoms with van der Waals surface area (Å²) in [5, 5.41) is 0. The van der Waals surface area contributed by atoms with Crippen LogP contribution >= 0.6 is 23.2 Å². The van der Waals surface area contributed by atoms with Crippen molar-refractivity contribution in [1.29, 1.82) is 0 Å². The largest absolute Gasteiger partial charge is 0.462 e. The summed E-state index contributed by atoms with van der Waals surface area (Å²) in [6, 6.07) is 10.9. The molecule has 0 amide bonds. The van der Waals surface area contributed by atoms with E-state index >= 15 is 0 Å². The van der Waals surface area contributed by atoms with E-state index in [9.17, 15) is 26.4 Å². The molecule has 2 aromatic rings. The second-order valence-corrected chi connectivity index (χ2v) is 14.6. The van der Waals surface area contributed by atoms with Crippen LogP contribution in [0, 0.1) is 11.8 Å². The van der Waals surface area contributed by atoms with Gasteiger partial charge in [0.2, 0.25) is 20.0 Å². The van der Waals surface area contributed by atoms with E-state index in [0.717, 1.165) is 0 Å². The average molecular weight is 650 g/mol. The highest BCUT2D eigenvalue weighted by Gasteiger charge is 2.64. The molecule has 1 aliphatic rings. The van der Waals surface area contributed by atoms with Gasteiger partial charge in [-0.05, 0) is 48.5 Å². The zero-order valence-electron chi connectivity index (χ0n) is 23.2. The summed E-state index contributed by atoms with van der Waals surface area (Å²) >= 11 is 12.7. The molecule has 1 aliphatic carbocycles. The van der Waals surface area contributed by atoms with E-state index in [2.05, 4.69) is 0 Å². The highest BCUT2D eigenvalue weighted by Crippen LogP contribution is 2.59. The van der Waals surface area contributed by atoms with E-state index in [1.807, 2.05) is 0 Å². The number of nitrogens with zero attached hydrogens (tertiary/aromatic N) is 2. The van der Waals surface area contributed by atoms with Crippen molar-refractivity contribution in [3.05, 3.63) is 59.7 Å². The highest BCUT2D eigenvalue weighted by molar-refractivity contribution is 7.89. The maximum Gasteiger partial charge on any atom is 0.338 e. The SMILES string of the molecule is CCN(CC)S(=O)(=O)c1ccc(C(=O)OC[C@H]2[C@H](COC(=O)c3ccc(S(=O)(=O)N(CC)CC)cc3)C2(Cl)Cl)cc1. The quantitative estimate of drug-likeness (QED) is 0.220. The van der Waals surface area contributed by atoms with E-state index in [4.69, 9.17) is 32.7 Å². The second kappa shape index (κ2) is 13.4. The van der Waals surface area contributed by atoms with Gasteiger partial charge in [0.25, 0.3) is 0 Å². The van der Waals surface area contributed by atoms with Crippen molar-refractivity contribution in [2.75, 3.05) is 39.4 Å². The first-order valence-corrected chi connectivity index (χ1v) is 16.8. The molecule has 0 bridgehead atoms. The zero-order valence-corrected chi connectivity index (χ0v) is 26.4. The Bertz CT molecular complexity index is 1330. The molecule has 0 heterocycles. The van der Waals surface area contributed by atoms with E-state index in [0.29, 0.717) is 26.2 Å². The molecule has 226 valence electrons. The predicted molar refractivity (Wildman–Crippen MR) is 155 cm³/mol. The molecule has 1 fully saturated rings. The van der Waals surface area contributed by atoms with Gasteiger partial charge in [0, 0.05) is 38.0 Å². The van der Waals surface area contributed by atoms with Gasteiger partial charge in [0.1, 0.15) is 4.33 Å². The minimum atomic E-state index is -3.65. The van der Waals surface area contributed by atoms with Crippen LogP contribution in [0.4, 0.5) is 0 Å². The number of carbonyl (C=O) groups is 2. The molecule has 0 unspecified atom stereocenters. The summed E-state index contributed by atoms with van der Waals surface area (Å²) in [7, 11) is -7.31. The average Bonchev–Trinajstić information content (AvgIpc) is 3.49. The van der Waals surface area contributed by atoms with Crippen LogP contribution in [0.15, 0.2) is 58.3 Å². The van der Waals surface area contributed by atoms with E-state index in [1.165, 1.54) is 57.1 Å². The number of benzene rings is 2. The molecule has 0 aliphatic heterocycles. The van der Waals surface area contributed by atoms with Gasteiger partial charge in [-0.25, -0.2) is 26.4 Å². The Labute approximate surface area is 251 Å². The number of rotatable bonds is 14. The molecule has 0 aromatic heterocycles. The topological polar surface area (TPSA) is 127 Å². The van der Waals surface area contributed by atoms with Crippen LogP contribution in [0.3, 0.4) is 0 Å². The fourth-order valence-corrected chi connectivity index (χ4v) is 8.01. The number of carbonyl (C=O) groups excluding carboxylic acids is 2. The van der Waals surface area contributed by atoms with Gasteiger partial charge >= 0.3 is 11.9 Å². The summed E-state index contributed by atoms with van der Waals surface area (Å²) in [6.07, 6.45) is 0. The maximum atomic E-state index is 12.6.